The minimum Gasteiger partial charge on any atom is -0.481 e. The van der Waals surface area contributed by atoms with E-state index in [0.29, 0.717) is 24.3 Å². The molecule has 0 radical (unpaired) electrons. The molecular formula is C11H16N2O4. The van der Waals surface area contributed by atoms with Gasteiger partial charge >= 0.3 is 5.97 Å². The molecule has 0 unspecified atom stereocenters. The Kier molecular flexibility index (Phi) is 5.19. The van der Waals surface area contributed by atoms with Gasteiger partial charge in [0, 0.05) is 13.0 Å². The number of carboxylic acids is 1. The average Bonchev–Trinajstić information content (AvgIpc) is 2.69. The SMILES string of the molecule is Cc1oncc1C(=O)NCCCCCC(=O)O. The molecule has 0 fully saturated rings. The molecule has 94 valence electrons. The van der Waals surface area contributed by atoms with Crippen molar-refractivity contribution >= 4 is 11.9 Å². The van der Waals surface area contributed by atoms with Crippen LogP contribution in [-0.4, -0.2) is 28.7 Å². The molecule has 0 aliphatic rings. The van der Waals surface area contributed by atoms with Crippen molar-refractivity contribution in [2.75, 3.05) is 6.54 Å². The highest BCUT2D eigenvalue weighted by atomic mass is 16.5. The number of rotatable bonds is 7. The number of hydrogen-bond donors (Lipinski definition) is 2. The van der Waals surface area contributed by atoms with Gasteiger partial charge in [0.1, 0.15) is 11.3 Å². The van der Waals surface area contributed by atoms with E-state index < -0.39 is 5.97 Å². The van der Waals surface area contributed by atoms with E-state index in [9.17, 15) is 9.59 Å². The molecule has 0 saturated heterocycles. The average molecular weight is 240 g/mol. The summed E-state index contributed by atoms with van der Waals surface area (Å²) in [7, 11) is 0. The fourth-order valence-corrected chi connectivity index (χ4v) is 1.39. The van der Waals surface area contributed by atoms with E-state index >= 15 is 0 Å². The van der Waals surface area contributed by atoms with Crippen molar-refractivity contribution in [3.8, 4) is 0 Å². The molecular weight excluding hydrogens is 224 g/mol. The lowest BCUT2D eigenvalue weighted by Crippen LogP contribution is -2.24. The molecule has 1 aromatic rings. The Bertz CT molecular complexity index is 387. The van der Waals surface area contributed by atoms with Crippen molar-refractivity contribution in [2.45, 2.75) is 32.6 Å². The molecule has 2 N–H and O–H groups in total. The van der Waals surface area contributed by atoms with Gasteiger partial charge in [-0.1, -0.05) is 11.6 Å². The molecule has 0 spiro atoms. The van der Waals surface area contributed by atoms with Gasteiger partial charge in [-0.2, -0.15) is 0 Å². The second kappa shape index (κ2) is 6.67. The molecule has 6 nitrogen and oxygen atoms in total. The highest BCUT2D eigenvalue weighted by Crippen LogP contribution is 2.05. The second-order valence-electron chi connectivity index (χ2n) is 3.76. The lowest BCUT2D eigenvalue weighted by Gasteiger charge is -2.03. The maximum atomic E-state index is 11.6. The Balaban J connectivity index is 2.13. The minimum absolute atomic E-state index is 0.179. The molecule has 0 saturated carbocycles. The molecule has 0 aromatic carbocycles. The van der Waals surface area contributed by atoms with Crippen LogP contribution in [0.1, 0.15) is 41.8 Å². The van der Waals surface area contributed by atoms with E-state index in [1.807, 2.05) is 0 Å². The summed E-state index contributed by atoms with van der Waals surface area (Å²) in [5.74, 6) is -0.496. The maximum Gasteiger partial charge on any atom is 0.303 e. The van der Waals surface area contributed by atoms with Crippen molar-refractivity contribution in [1.82, 2.24) is 10.5 Å². The van der Waals surface area contributed by atoms with Crippen LogP contribution < -0.4 is 5.32 Å². The number of hydrogen-bond acceptors (Lipinski definition) is 4. The quantitative estimate of drug-likeness (QED) is 0.702. The van der Waals surface area contributed by atoms with Crippen LogP contribution in [0.5, 0.6) is 0 Å². The number of aliphatic carboxylic acids is 1. The van der Waals surface area contributed by atoms with E-state index in [4.69, 9.17) is 9.63 Å². The van der Waals surface area contributed by atoms with Crippen molar-refractivity contribution in [2.24, 2.45) is 0 Å². The van der Waals surface area contributed by atoms with E-state index in [1.165, 1.54) is 6.20 Å². The zero-order valence-corrected chi connectivity index (χ0v) is 9.73. The number of nitrogens with zero attached hydrogens (tertiary/aromatic N) is 1. The monoisotopic (exact) mass is 240 g/mol. The Morgan fingerprint density at radius 2 is 2.18 bits per heavy atom. The summed E-state index contributed by atoms with van der Waals surface area (Å²) >= 11 is 0. The third-order valence-corrected chi connectivity index (χ3v) is 2.35. The smallest absolute Gasteiger partial charge is 0.303 e. The summed E-state index contributed by atoms with van der Waals surface area (Å²) in [6, 6.07) is 0. The first-order valence-electron chi connectivity index (χ1n) is 5.52. The molecule has 6 heteroatoms. The fraction of sp³-hybridized carbons (Fsp3) is 0.545. The zero-order chi connectivity index (χ0) is 12.7. The topological polar surface area (TPSA) is 92.4 Å². The fourth-order valence-electron chi connectivity index (χ4n) is 1.39. The predicted octanol–water partition coefficient (Wildman–Crippen LogP) is 1.36. The Morgan fingerprint density at radius 1 is 1.41 bits per heavy atom. The summed E-state index contributed by atoms with van der Waals surface area (Å²) in [5, 5.41) is 14.7. The molecule has 17 heavy (non-hydrogen) atoms. The van der Waals surface area contributed by atoms with Crippen LogP contribution in [0.2, 0.25) is 0 Å². The van der Waals surface area contributed by atoms with Gasteiger partial charge < -0.3 is 14.9 Å². The van der Waals surface area contributed by atoms with Gasteiger partial charge in [0.05, 0.1) is 6.20 Å². The lowest BCUT2D eigenvalue weighted by atomic mass is 10.2. The van der Waals surface area contributed by atoms with Crippen LogP contribution in [0.25, 0.3) is 0 Å². The van der Waals surface area contributed by atoms with Crippen LogP contribution >= 0.6 is 0 Å². The molecule has 1 aromatic heterocycles. The molecule has 0 aliphatic carbocycles. The van der Waals surface area contributed by atoms with Gasteiger partial charge in [0.2, 0.25) is 0 Å². The van der Waals surface area contributed by atoms with E-state index in [2.05, 4.69) is 10.5 Å². The van der Waals surface area contributed by atoms with E-state index in [-0.39, 0.29) is 12.3 Å². The van der Waals surface area contributed by atoms with Crippen LogP contribution in [0.4, 0.5) is 0 Å². The first kappa shape index (κ1) is 13.2. The van der Waals surface area contributed by atoms with Crippen molar-refractivity contribution in [3.05, 3.63) is 17.5 Å². The number of aryl methyl sites for hydroxylation is 1. The Hall–Kier alpha value is -1.85. The lowest BCUT2D eigenvalue weighted by molar-refractivity contribution is -0.137. The molecule has 1 heterocycles. The Labute approximate surface area is 99.0 Å². The third-order valence-electron chi connectivity index (χ3n) is 2.35. The third kappa shape index (κ3) is 4.67. The highest BCUT2D eigenvalue weighted by Gasteiger charge is 2.11. The summed E-state index contributed by atoms with van der Waals surface area (Å²) in [6.45, 7) is 2.21. The number of aromatic nitrogens is 1. The van der Waals surface area contributed by atoms with Crippen molar-refractivity contribution in [1.29, 1.82) is 0 Å². The molecule has 0 aliphatic heterocycles. The number of amides is 1. The van der Waals surface area contributed by atoms with E-state index in [1.54, 1.807) is 6.92 Å². The van der Waals surface area contributed by atoms with Gasteiger partial charge in [-0.3, -0.25) is 9.59 Å². The maximum absolute atomic E-state index is 11.6. The number of unbranched alkanes of at least 4 members (excludes halogenated alkanes) is 2. The van der Waals surface area contributed by atoms with Gasteiger partial charge in [0.15, 0.2) is 0 Å². The molecule has 1 amide bonds. The van der Waals surface area contributed by atoms with Gasteiger partial charge in [-0.25, -0.2) is 0 Å². The summed E-state index contributed by atoms with van der Waals surface area (Å²) < 4.78 is 4.78. The second-order valence-corrected chi connectivity index (χ2v) is 3.76. The van der Waals surface area contributed by atoms with Crippen LogP contribution in [0.15, 0.2) is 10.7 Å². The van der Waals surface area contributed by atoms with Gasteiger partial charge in [-0.15, -0.1) is 0 Å². The van der Waals surface area contributed by atoms with Crippen LogP contribution in [0, 0.1) is 6.92 Å². The van der Waals surface area contributed by atoms with Crippen molar-refractivity contribution in [3.63, 3.8) is 0 Å². The first-order chi connectivity index (χ1) is 8.11. The standard InChI is InChI=1S/C11H16N2O4/c1-8-9(7-13-17-8)11(16)12-6-4-2-3-5-10(14)15/h7H,2-6H2,1H3,(H,12,16)(H,14,15). The minimum atomic E-state index is -0.783. The number of carbonyl (C=O) groups is 2. The van der Waals surface area contributed by atoms with Crippen LogP contribution in [0.3, 0.4) is 0 Å². The summed E-state index contributed by atoms with van der Waals surface area (Å²) in [5.41, 5.74) is 0.440. The van der Waals surface area contributed by atoms with Crippen LogP contribution in [-0.2, 0) is 4.79 Å². The van der Waals surface area contributed by atoms with Gasteiger partial charge in [0.25, 0.3) is 5.91 Å². The Morgan fingerprint density at radius 3 is 2.76 bits per heavy atom. The molecule has 0 atom stereocenters. The first-order valence-corrected chi connectivity index (χ1v) is 5.52. The predicted molar refractivity (Wildman–Crippen MR) is 59.7 cm³/mol. The summed E-state index contributed by atoms with van der Waals surface area (Å²) in [4.78, 5) is 21.8. The largest absolute Gasteiger partial charge is 0.481 e. The van der Waals surface area contributed by atoms with E-state index in [0.717, 1.165) is 12.8 Å². The number of carbonyl (C=O) groups excluding carboxylic acids is 1. The highest BCUT2D eigenvalue weighted by molar-refractivity contribution is 5.94. The number of carboxylic acid groups (broad SMARTS) is 1. The zero-order valence-electron chi connectivity index (χ0n) is 9.73. The van der Waals surface area contributed by atoms with Gasteiger partial charge in [-0.05, 0) is 19.8 Å². The number of nitrogens with one attached hydrogen (secondary N) is 1. The van der Waals surface area contributed by atoms with Crippen molar-refractivity contribution < 1.29 is 19.2 Å². The molecule has 0 bridgehead atoms. The summed E-state index contributed by atoms with van der Waals surface area (Å²) in [6.07, 6.45) is 3.75. The molecule has 1 rings (SSSR count). The normalized spacial score (nSPS) is 10.2.